The fraction of sp³-hybridized carbons (Fsp3) is 0.0952. The van der Waals surface area contributed by atoms with Gasteiger partial charge in [-0.1, -0.05) is 65.4 Å². The Bertz CT molecular complexity index is 1220. The fourth-order valence-corrected chi connectivity index (χ4v) is 3.69. The summed E-state index contributed by atoms with van der Waals surface area (Å²) >= 11 is 7.21. The van der Waals surface area contributed by atoms with Crippen LogP contribution in [-0.4, -0.2) is 25.9 Å². The molecule has 1 amide bonds. The fourth-order valence-electron chi connectivity index (χ4n) is 2.78. The van der Waals surface area contributed by atoms with Gasteiger partial charge in [-0.25, -0.2) is 4.68 Å². The number of carbonyl (C=O) groups is 1. The zero-order chi connectivity index (χ0) is 20.9. The standard InChI is InChI=1S/C21H16ClN5O2S/c22-16-8-6-15(7-9-16)17-10-11-20(29)27(26-17)13-18(28)23-21-25-24-19(30-21)12-14-4-2-1-3-5-14/h1-11H,12-13H2,(H,23,25,28). The zero-order valence-electron chi connectivity index (χ0n) is 15.7. The molecule has 0 fully saturated rings. The quantitative estimate of drug-likeness (QED) is 0.497. The summed E-state index contributed by atoms with van der Waals surface area (Å²) in [7, 11) is 0. The highest BCUT2D eigenvalue weighted by atomic mass is 35.5. The van der Waals surface area contributed by atoms with Crippen molar-refractivity contribution < 1.29 is 4.79 Å². The average molecular weight is 438 g/mol. The maximum atomic E-state index is 12.4. The van der Waals surface area contributed by atoms with Gasteiger partial charge in [-0.3, -0.25) is 14.9 Å². The number of benzene rings is 2. The predicted octanol–water partition coefficient (Wildman–Crippen LogP) is 3.64. The van der Waals surface area contributed by atoms with Crippen LogP contribution in [-0.2, 0) is 17.8 Å². The number of nitrogens with one attached hydrogen (secondary N) is 1. The Morgan fingerprint density at radius 2 is 1.77 bits per heavy atom. The molecule has 4 rings (SSSR count). The molecule has 150 valence electrons. The van der Waals surface area contributed by atoms with Gasteiger partial charge in [0.2, 0.25) is 11.0 Å². The summed E-state index contributed by atoms with van der Waals surface area (Å²) in [5.41, 5.74) is 2.11. The minimum atomic E-state index is -0.403. The Labute approximate surface area is 181 Å². The Morgan fingerprint density at radius 3 is 2.53 bits per heavy atom. The second-order valence-electron chi connectivity index (χ2n) is 6.43. The second kappa shape index (κ2) is 8.98. The Hall–Kier alpha value is -3.36. The van der Waals surface area contributed by atoms with Crippen molar-refractivity contribution in [3.05, 3.63) is 92.7 Å². The molecule has 0 aliphatic heterocycles. The van der Waals surface area contributed by atoms with Crippen LogP contribution < -0.4 is 10.9 Å². The van der Waals surface area contributed by atoms with Crippen LogP contribution in [0.1, 0.15) is 10.6 Å². The van der Waals surface area contributed by atoms with Crippen molar-refractivity contribution in [1.29, 1.82) is 0 Å². The summed E-state index contributed by atoms with van der Waals surface area (Å²) < 4.78 is 1.12. The highest BCUT2D eigenvalue weighted by Gasteiger charge is 2.12. The molecule has 0 unspecified atom stereocenters. The summed E-state index contributed by atoms with van der Waals surface area (Å²) in [4.78, 5) is 24.5. The van der Waals surface area contributed by atoms with E-state index in [0.29, 0.717) is 22.3 Å². The van der Waals surface area contributed by atoms with Crippen LogP contribution in [0.2, 0.25) is 5.02 Å². The van der Waals surface area contributed by atoms with Crippen molar-refractivity contribution in [1.82, 2.24) is 20.0 Å². The van der Waals surface area contributed by atoms with E-state index < -0.39 is 5.91 Å². The number of rotatable bonds is 6. The molecule has 1 N–H and O–H groups in total. The van der Waals surface area contributed by atoms with E-state index in [1.807, 2.05) is 30.3 Å². The van der Waals surface area contributed by atoms with Crippen LogP contribution in [0, 0.1) is 0 Å². The molecule has 0 saturated heterocycles. The summed E-state index contributed by atoms with van der Waals surface area (Å²) in [5, 5.41) is 16.9. The normalized spacial score (nSPS) is 10.7. The van der Waals surface area contributed by atoms with E-state index in [4.69, 9.17) is 11.6 Å². The lowest BCUT2D eigenvalue weighted by Gasteiger charge is -2.07. The number of halogens is 1. The van der Waals surface area contributed by atoms with Gasteiger partial charge >= 0.3 is 0 Å². The summed E-state index contributed by atoms with van der Waals surface area (Å²) in [6.07, 6.45) is 0.637. The maximum Gasteiger partial charge on any atom is 0.267 e. The number of carbonyl (C=O) groups excluding carboxylic acids is 1. The molecule has 9 heteroatoms. The van der Waals surface area contributed by atoms with Crippen LogP contribution in [0.5, 0.6) is 0 Å². The topological polar surface area (TPSA) is 89.8 Å². The minimum absolute atomic E-state index is 0.228. The van der Waals surface area contributed by atoms with Crippen LogP contribution in [0.15, 0.2) is 71.5 Å². The molecule has 0 saturated carbocycles. The summed E-state index contributed by atoms with van der Waals surface area (Å²) in [5.74, 6) is -0.403. The molecule has 0 aliphatic carbocycles. The van der Waals surface area contributed by atoms with Crippen LogP contribution >= 0.6 is 22.9 Å². The Balaban J connectivity index is 1.43. The number of aromatic nitrogens is 4. The zero-order valence-corrected chi connectivity index (χ0v) is 17.2. The third kappa shape index (κ3) is 4.97. The van der Waals surface area contributed by atoms with Gasteiger partial charge in [0.05, 0.1) is 5.69 Å². The predicted molar refractivity (Wildman–Crippen MR) is 117 cm³/mol. The summed E-state index contributed by atoms with van der Waals surface area (Å²) in [6.45, 7) is -0.228. The van der Waals surface area contributed by atoms with E-state index in [1.54, 1.807) is 30.3 Å². The molecular formula is C21H16ClN5O2S. The lowest BCUT2D eigenvalue weighted by atomic mass is 10.1. The molecule has 0 atom stereocenters. The van der Waals surface area contributed by atoms with Crippen molar-refractivity contribution in [2.45, 2.75) is 13.0 Å². The highest BCUT2D eigenvalue weighted by molar-refractivity contribution is 7.15. The minimum Gasteiger partial charge on any atom is -0.299 e. The van der Waals surface area contributed by atoms with Gasteiger partial charge in [0, 0.05) is 23.1 Å². The van der Waals surface area contributed by atoms with Crippen molar-refractivity contribution in [2.75, 3.05) is 5.32 Å². The molecule has 2 heterocycles. The molecule has 7 nitrogen and oxygen atoms in total. The lowest BCUT2D eigenvalue weighted by molar-refractivity contribution is -0.117. The van der Waals surface area contributed by atoms with Gasteiger partial charge in [-0.15, -0.1) is 10.2 Å². The van der Waals surface area contributed by atoms with Crippen LogP contribution in [0.3, 0.4) is 0 Å². The first-order valence-corrected chi connectivity index (χ1v) is 10.3. The number of hydrogen-bond acceptors (Lipinski definition) is 6. The highest BCUT2D eigenvalue weighted by Crippen LogP contribution is 2.19. The smallest absolute Gasteiger partial charge is 0.267 e. The summed E-state index contributed by atoms with van der Waals surface area (Å²) in [6, 6.07) is 20.0. The largest absolute Gasteiger partial charge is 0.299 e. The monoisotopic (exact) mass is 437 g/mol. The van der Waals surface area contributed by atoms with E-state index in [1.165, 1.54) is 17.4 Å². The van der Waals surface area contributed by atoms with Crippen LogP contribution in [0.4, 0.5) is 5.13 Å². The molecule has 30 heavy (non-hydrogen) atoms. The lowest BCUT2D eigenvalue weighted by Crippen LogP contribution is -2.29. The average Bonchev–Trinajstić information content (AvgIpc) is 3.17. The number of hydrogen-bond donors (Lipinski definition) is 1. The van der Waals surface area contributed by atoms with E-state index in [9.17, 15) is 9.59 Å². The second-order valence-corrected chi connectivity index (χ2v) is 7.93. The van der Waals surface area contributed by atoms with Gasteiger partial charge in [0.1, 0.15) is 11.6 Å². The van der Waals surface area contributed by atoms with Crippen molar-refractivity contribution >= 4 is 34.0 Å². The maximum absolute atomic E-state index is 12.4. The van der Waals surface area contributed by atoms with E-state index in [-0.39, 0.29) is 12.1 Å². The molecular weight excluding hydrogens is 422 g/mol. The van der Waals surface area contributed by atoms with E-state index >= 15 is 0 Å². The Kier molecular flexibility index (Phi) is 5.97. The first kappa shape index (κ1) is 19.9. The van der Waals surface area contributed by atoms with Crippen molar-refractivity contribution in [3.63, 3.8) is 0 Å². The molecule has 0 aliphatic rings. The molecule has 0 radical (unpaired) electrons. The van der Waals surface area contributed by atoms with E-state index in [2.05, 4.69) is 20.6 Å². The van der Waals surface area contributed by atoms with Crippen molar-refractivity contribution in [2.24, 2.45) is 0 Å². The van der Waals surface area contributed by atoms with Gasteiger partial charge in [0.15, 0.2) is 0 Å². The number of nitrogens with zero attached hydrogens (tertiary/aromatic N) is 4. The molecule has 2 aromatic carbocycles. The molecule has 2 aromatic heterocycles. The number of amides is 1. The van der Waals surface area contributed by atoms with Crippen molar-refractivity contribution in [3.8, 4) is 11.3 Å². The van der Waals surface area contributed by atoms with Gasteiger partial charge in [-0.05, 0) is 23.8 Å². The van der Waals surface area contributed by atoms with Gasteiger partial charge < -0.3 is 0 Å². The molecule has 0 spiro atoms. The van der Waals surface area contributed by atoms with Gasteiger partial charge in [-0.2, -0.15) is 5.10 Å². The third-order valence-electron chi connectivity index (χ3n) is 4.21. The Morgan fingerprint density at radius 1 is 1.00 bits per heavy atom. The third-order valence-corrected chi connectivity index (χ3v) is 5.30. The first-order chi connectivity index (χ1) is 14.6. The van der Waals surface area contributed by atoms with Gasteiger partial charge in [0.25, 0.3) is 5.56 Å². The van der Waals surface area contributed by atoms with E-state index in [0.717, 1.165) is 20.8 Å². The SMILES string of the molecule is O=C(Cn1nc(-c2ccc(Cl)cc2)ccc1=O)Nc1nnc(Cc2ccccc2)s1. The first-order valence-electron chi connectivity index (χ1n) is 9.07. The molecule has 4 aromatic rings. The molecule has 0 bridgehead atoms. The van der Waals surface area contributed by atoms with Crippen LogP contribution in [0.25, 0.3) is 11.3 Å². The number of anilines is 1.